The third-order valence-corrected chi connectivity index (χ3v) is 4.43. The van der Waals surface area contributed by atoms with Crippen molar-refractivity contribution in [2.75, 3.05) is 37.8 Å². The van der Waals surface area contributed by atoms with Crippen LogP contribution in [-0.2, 0) is 0 Å². The van der Waals surface area contributed by atoms with Crippen LogP contribution in [0.25, 0.3) is 0 Å². The van der Waals surface area contributed by atoms with Gasteiger partial charge in [-0.1, -0.05) is 0 Å². The van der Waals surface area contributed by atoms with Crippen molar-refractivity contribution < 1.29 is 4.79 Å². The molecule has 0 aliphatic carbocycles. The number of nitrogen functional groups attached to an aromatic ring is 1. The summed E-state index contributed by atoms with van der Waals surface area (Å²) in [6.07, 6.45) is 2.41. The first-order valence-corrected chi connectivity index (χ1v) is 6.74. The molecule has 100 valence electrons. The number of carbonyl (C=O) groups excluding carboxylic acids is 1. The minimum absolute atomic E-state index is 0.231. The van der Waals surface area contributed by atoms with Gasteiger partial charge in [0.1, 0.15) is 10.6 Å². The van der Waals surface area contributed by atoms with E-state index in [1.54, 1.807) is 0 Å². The highest BCUT2D eigenvalue weighted by Crippen LogP contribution is 2.30. The topological polar surface area (TPSA) is 88.5 Å². The Labute approximate surface area is 111 Å². The summed E-state index contributed by atoms with van der Waals surface area (Å²) >= 11 is 1.23. The molecule has 0 bridgehead atoms. The van der Waals surface area contributed by atoms with Gasteiger partial charge in [0.05, 0.1) is 0 Å². The molecule has 0 radical (unpaired) electrons. The molecular weight excluding hydrogens is 250 g/mol. The molecule has 1 unspecified atom stereocenters. The highest BCUT2D eigenvalue weighted by Gasteiger charge is 2.25. The number of aromatic nitrogens is 1. The lowest BCUT2D eigenvalue weighted by molar-refractivity contribution is 0.100. The first-order valence-electron chi connectivity index (χ1n) is 5.97. The van der Waals surface area contributed by atoms with Crippen molar-refractivity contribution >= 4 is 28.3 Å². The van der Waals surface area contributed by atoms with Gasteiger partial charge in [-0.2, -0.15) is 4.37 Å². The van der Waals surface area contributed by atoms with Crippen molar-refractivity contribution in [2.45, 2.75) is 18.9 Å². The molecule has 2 rings (SSSR count). The maximum atomic E-state index is 11.4. The van der Waals surface area contributed by atoms with Crippen molar-refractivity contribution in [2.24, 2.45) is 5.73 Å². The monoisotopic (exact) mass is 269 g/mol. The third kappa shape index (κ3) is 2.41. The molecule has 2 heterocycles. The Morgan fingerprint density at radius 2 is 2.39 bits per heavy atom. The lowest BCUT2D eigenvalue weighted by Gasteiger charge is -2.26. The Bertz CT molecular complexity index is 447. The Morgan fingerprint density at radius 1 is 1.67 bits per heavy atom. The van der Waals surface area contributed by atoms with E-state index >= 15 is 0 Å². The first-order chi connectivity index (χ1) is 8.50. The van der Waals surface area contributed by atoms with E-state index < -0.39 is 5.91 Å². The van der Waals surface area contributed by atoms with E-state index in [0.29, 0.717) is 11.6 Å². The molecule has 4 N–H and O–H groups in total. The van der Waals surface area contributed by atoms with Gasteiger partial charge in [0, 0.05) is 19.6 Å². The average Bonchev–Trinajstić information content (AvgIpc) is 2.86. The molecule has 1 aliphatic rings. The molecule has 0 spiro atoms. The predicted octanol–water partition coefficient (Wildman–Crippen LogP) is 0.355. The fourth-order valence-corrected chi connectivity index (χ4v) is 3.18. The van der Waals surface area contributed by atoms with Gasteiger partial charge in [0.25, 0.3) is 5.91 Å². The number of hydrogen-bond donors (Lipinski definition) is 2. The summed E-state index contributed by atoms with van der Waals surface area (Å²) in [5, 5.41) is 0.764. The molecular formula is C11H19N5OS. The van der Waals surface area contributed by atoms with Gasteiger partial charge >= 0.3 is 0 Å². The van der Waals surface area contributed by atoms with Crippen LogP contribution in [0.15, 0.2) is 0 Å². The first kappa shape index (κ1) is 13.1. The van der Waals surface area contributed by atoms with Gasteiger partial charge in [-0.05, 0) is 38.0 Å². The normalized spacial score (nSPS) is 20.2. The van der Waals surface area contributed by atoms with Crippen molar-refractivity contribution in [3.05, 3.63) is 5.56 Å². The van der Waals surface area contributed by atoms with Gasteiger partial charge in [-0.15, -0.1) is 0 Å². The van der Waals surface area contributed by atoms with E-state index in [1.807, 2.05) is 11.9 Å². The SMILES string of the molecule is CN(CC1CCCN1C)c1snc(N)c1C(N)=O. The van der Waals surface area contributed by atoms with Crippen LogP contribution in [0.4, 0.5) is 10.8 Å². The molecule has 0 aromatic carbocycles. The van der Waals surface area contributed by atoms with E-state index in [1.165, 1.54) is 24.4 Å². The minimum Gasteiger partial charge on any atom is -0.382 e. The number of amides is 1. The molecule has 1 aliphatic heterocycles. The van der Waals surface area contributed by atoms with Crippen LogP contribution in [0.2, 0.25) is 0 Å². The van der Waals surface area contributed by atoms with E-state index in [4.69, 9.17) is 11.5 Å². The Kier molecular flexibility index (Phi) is 3.72. The molecule has 0 saturated carbocycles. The zero-order valence-electron chi connectivity index (χ0n) is 10.7. The second kappa shape index (κ2) is 5.11. The lowest BCUT2D eigenvalue weighted by atomic mass is 10.2. The fourth-order valence-electron chi connectivity index (χ4n) is 2.39. The Hall–Kier alpha value is -1.34. The largest absolute Gasteiger partial charge is 0.382 e. The quantitative estimate of drug-likeness (QED) is 0.823. The highest BCUT2D eigenvalue weighted by molar-refractivity contribution is 7.11. The summed E-state index contributed by atoms with van der Waals surface area (Å²) in [5.74, 6) is -0.281. The van der Waals surface area contributed by atoms with Crippen LogP contribution >= 0.6 is 11.5 Å². The standard InChI is InChI=1S/C11H19N5OS/c1-15-5-3-4-7(15)6-16(2)11-8(10(13)17)9(12)14-18-11/h7H,3-6H2,1-2H3,(H2,12,14)(H2,13,17). The van der Waals surface area contributed by atoms with Crippen molar-refractivity contribution in [1.82, 2.24) is 9.27 Å². The van der Waals surface area contributed by atoms with Gasteiger partial charge in [0.15, 0.2) is 5.82 Å². The minimum atomic E-state index is -0.511. The summed E-state index contributed by atoms with van der Waals surface area (Å²) in [5.41, 5.74) is 11.4. The zero-order valence-corrected chi connectivity index (χ0v) is 11.5. The van der Waals surface area contributed by atoms with Crippen LogP contribution in [0.3, 0.4) is 0 Å². The van der Waals surface area contributed by atoms with E-state index in [-0.39, 0.29) is 5.82 Å². The molecule has 1 aromatic rings. The third-order valence-electron chi connectivity index (χ3n) is 3.45. The summed E-state index contributed by atoms with van der Waals surface area (Å²) in [4.78, 5) is 15.7. The molecule has 1 aromatic heterocycles. The average molecular weight is 269 g/mol. The van der Waals surface area contributed by atoms with E-state index in [2.05, 4.69) is 16.3 Å². The predicted molar refractivity (Wildman–Crippen MR) is 74.0 cm³/mol. The molecule has 18 heavy (non-hydrogen) atoms. The molecule has 6 nitrogen and oxygen atoms in total. The number of likely N-dealkylation sites (tertiary alicyclic amines) is 1. The smallest absolute Gasteiger partial charge is 0.255 e. The summed E-state index contributed by atoms with van der Waals surface area (Å²) in [7, 11) is 4.08. The number of anilines is 2. The highest BCUT2D eigenvalue weighted by atomic mass is 32.1. The van der Waals surface area contributed by atoms with Crippen LogP contribution in [-0.4, -0.2) is 48.4 Å². The van der Waals surface area contributed by atoms with Crippen molar-refractivity contribution in [1.29, 1.82) is 0 Å². The van der Waals surface area contributed by atoms with Crippen LogP contribution in [0, 0.1) is 0 Å². The Balaban J connectivity index is 2.13. The second-order valence-corrected chi connectivity index (χ2v) is 5.52. The number of primary amides is 1. The van der Waals surface area contributed by atoms with Gasteiger partial charge < -0.3 is 21.3 Å². The van der Waals surface area contributed by atoms with Crippen molar-refractivity contribution in [3.63, 3.8) is 0 Å². The summed E-state index contributed by atoms with van der Waals surface area (Å²) < 4.78 is 4.02. The number of nitrogens with zero attached hydrogens (tertiary/aromatic N) is 3. The van der Waals surface area contributed by atoms with Crippen LogP contribution in [0.5, 0.6) is 0 Å². The lowest BCUT2D eigenvalue weighted by Crippen LogP contribution is -2.37. The number of rotatable bonds is 4. The van der Waals surface area contributed by atoms with Crippen LogP contribution < -0.4 is 16.4 Å². The molecule has 7 heteroatoms. The van der Waals surface area contributed by atoms with E-state index in [9.17, 15) is 4.79 Å². The maximum absolute atomic E-state index is 11.4. The van der Waals surface area contributed by atoms with Gasteiger partial charge in [-0.25, -0.2) is 0 Å². The summed E-state index contributed by atoms with van der Waals surface area (Å²) in [6, 6.07) is 0.513. The van der Waals surface area contributed by atoms with E-state index in [0.717, 1.165) is 18.1 Å². The molecule has 1 fully saturated rings. The number of carbonyl (C=O) groups is 1. The maximum Gasteiger partial charge on any atom is 0.255 e. The Morgan fingerprint density at radius 3 is 2.94 bits per heavy atom. The molecule has 1 saturated heterocycles. The van der Waals surface area contributed by atoms with Crippen LogP contribution in [0.1, 0.15) is 23.2 Å². The number of likely N-dealkylation sites (N-methyl/N-ethyl adjacent to an activating group) is 2. The number of nitrogens with two attached hydrogens (primary N) is 2. The number of hydrogen-bond acceptors (Lipinski definition) is 6. The second-order valence-electron chi connectivity index (χ2n) is 4.77. The summed E-state index contributed by atoms with van der Waals surface area (Å²) in [6.45, 7) is 1.99. The van der Waals surface area contributed by atoms with Gasteiger partial charge in [-0.3, -0.25) is 4.79 Å². The zero-order chi connectivity index (χ0) is 13.3. The van der Waals surface area contributed by atoms with Crippen molar-refractivity contribution in [3.8, 4) is 0 Å². The van der Waals surface area contributed by atoms with Gasteiger partial charge in [0.2, 0.25) is 0 Å². The molecule has 1 amide bonds. The molecule has 1 atom stereocenters. The fraction of sp³-hybridized carbons (Fsp3) is 0.636.